The predicted octanol–water partition coefficient (Wildman–Crippen LogP) is 6.13. The predicted molar refractivity (Wildman–Crippen MR) is 145 cm³/mol. The maximum absolute atomic E-state index is 13.4. The van der Waals surface area contributed by atoms with Crippen molar-refractivity contribution in [3.63, 3.8) is 0 Å². The molecule has 4 aromatic rings. The second-order valence-corrected chi connectivity index (χ2v) is 12.1. The molecule has 3 N–H and O–H groups in total. The molecule has 4 rings (SSSR count). The number of carbonyl (C=O) groups excluding carboxylic acids is 1. The molecule has 0 spiro atoms. The summed E-state index contributed by atoms with van der Waals surface area (Å²) in [4.78, 5) is 12.0. The van der Waals surface area contributed by atoms with Crippen LogP contribution in [0.3, 0.4) is 0 Å². The summed E-state index contributed by atoms with van der Waals surface area (Å²) in [6, 6.07) is 17.4. The van der Waals surface area contributed by atoms with E-state index in [0.29, 0.717) is 12.1 Å². The molecule has 0 bridgehead atoms. The number of halogens is 4. The molecular weight excluding hydrogens is 595 g/mol. The molecule has 0 unspecified atom stereocenters. The fourth-order valence-corrected chi connectivity index (χ4v) is 6.20. The van der Waals surface area contributed by atoms with E-state index in [1.165, 1.54) is 54.6 Å². The Balaban J connectivity index is 1.49. The summed E-state index contributed by atoms with van der Waals surface area (Å²) >= 11 is 12.1. The van der Waals surface area contributed by atoms with Crippen molar-refractivity contribution in [1.29, 1.82) is 0 Å². The largest absolute Gasteiger partial charge is 0.322 e. The number of benzene rings is 4. The number of para-hydroxylation sites is 1. The summed E-state index contributed by atoms with van der Waals surface area (Å²) in [5, 5.41) is 2.63. The maximum atomic E-state index is 13.4. The van der Waals surface area contributed by atoms with Gasteiger partial charge in [0.1, 0.15) is 4.90 Å². The second-order valence-electron chi connectivity index (χ2n) is 7.94. The second kappa shape index (κ2) is 11.2. The van der Waals surface area contributed by atoms with E-state index in [0.717, 1.165) is 6.07 Å². The molecule has 8 nitrogen and oxygen atoms in total. The molecule has 0 radical (unpaired) electrons. The van der Waals surface area contributed by atoms with Gasteiger partial charge in [-0.2, -0.15) is 0 Å². The zero-order valence-corrected chi connectivity index (χ0v) is 22.6. The van der Waals surface area contributed by atoms with E-state index in [1.807, 2.05) is 0 Å². The SMILES string of the molecule is O=C(Nc1ccc(Cl)c(S(=O)(=O)Nc2ccccc2Cl)c1)c1ccc(NS(=O)(=O)c2ccc(F)c(F)c2)cc1. The third kappa shape index (κ3) is 6.66. The van der Waals surface area contributed by atoms with Gasteiger partial charge in [-0.3, -0.25) is 14.2 Å². The number of nitrogens with one attached hydrogen (secondary N) is 3. The molecule has 39 heavy (non-hydrogen) atoms. The van der Waals surface area contributed by atoms with Gasteiger partial charge >= 0.3 is 0 Å². The van der Waals surface area contributed by atoms with E-state index < -0.39 is 42.5 Å². The molecule has 0 atom stereocenters. The number of sulfonamides is 2. The van der Waals surface area contributed by atoms with Gasteiger partial charge in [0.2, 0.25) is 0 Å². The van der Waals surface area contributed by atoms with Crippen molar-refractivity contribution in [2.24, 2.45) is 0 Å². The first-order valence-corrected chi connectivity index (χ1v) is 14.5. The zero-order valence-electron chi connectivity index (χ0n) is 19.5. The van der Waals surface area contributed by atoms with E-state index in [4.69, 9.17) is 23.2 Å². The minimum atomic E-state index is -4.22. The van der Waals surface area contributed by atoms with Gasteiger partial charge < -0.3 is 5.32 Å². The normalized spacial score (nSPS) is 11.6. The lowest BCUT2D eigenvalue weighted by molar-refractivity contribution is 0.102. The van der Waals surface area contributed by atoms with Crippen LogP contribution in [0.25, 0.3) is 0 Å². The van der Waals surface area contributed by atoms with E-state index in [2.05, 4.69) is 14.8 Å². The van der Waals surface area contributed by atoms with Crippen LogP contribution in [-0.2, 0) is 20.0 Å². The summed E-state index contributed by atoms with van der Waals surface area (Å²) in [7, 11) is -8.39. The Labute approximate surface area is 232 Å². The van der Waals surface area contributed by atoms with Crippen LogP contribution in [0.4, 0.5) is 25.8 Å². The number of anilines is 3. The monoisotopic (exact) mass is 611 g/mol. The number of carbonyl (C=O) groups is 1. The van der Waals surface area contributed by atoms with Gasteiger partial charge in [0.15, 0.2) is 11.6 Å². The number of amides is 1. The summed E-state index contributed by atoms with van der Waals surface area (Å²) in [5.41, 5.74) is 0.429. The lowest BCUT2D eigenvalue weighted by atomic mass is 10.2. The molecule has 0 aromatic heterocycles. The number of rotatable bonds is 8. The first kappa shape index (κ1) is 28.3. The standard InChI is InChI=1S/C25H17Cl2F2N3O5S2/c26-19-3-1-2-4-23(19)32-39(36,37)24-13-17(9-11-20(24)27)30-25(33)15-5-7-16(8-6-15)31-38(34,35)18-10-12-21(28)22(29)14-18/h1-14,31-32H,(H,30,33). The first-order valence-electron chi connectivity index (χ1n) is 10.8. The van der Waals surface area contributed by atoms with Crippen molar-refractivity contribution in [2.45, 2.75) is 9.79 Å². The third-order valence-corrected chi connectivity index (χ3v) is 8.75. The van der Waals surface area contributed by atoms with Crippen molar-refractivity contribution in [1.82, 2.24) is 0 Å². The van der Waals surface area contributed by atoms with Crippen LogP contribution < -0.4 is 14.8 Å². The van der Waals surface area contributed by atoms with Gasteiger partial charge in [-0.1, -0.05) is 35.3 Å². The average Bonchev–Trinajstić information content (AvgIpc) is 2.88. The van der Waals surface area contributed by atoms with Crippen LogP contribution in [0, 0.1) is 11.6 Å². The van der Waals surface area contributed by atoms with Crippen LogP contribution in [0.15, 0.2) is 94.7 Å². The lowest BCUT2D eigenvalue weighted by Crippen LogP contribution is -2.16. The molecule has 0 saturated carbocycles. The van der Waals surface area contributed by atoms with E-state index in [9.17, 15) is 30.4 Å². The van der Waals surface area contributed by atoms with Crippen LogP contribution in [0.5, 0.6) is 0 Å². The Morgan fingerprint density at radius 2 is 1.33 bits per heavy atom. The molecule has 202 valence electrons. The minimum Gasteiger partial charge on any atom is -0.322 e. The molecule has 4 aromatic carbocycles. The molecule has 0 heterocycles. The van der Waals surface area contributed by atoms with Crippen molar-refractivity contribution in [3.8, 4) is 0 Å². The Kier molecular flexibility index (Phi) is 8.12. The van der Waals surface area contributed by atoms with Crippen LogP contribution in [0.1, 0.15) is 10.4 Å². The van der Waals surface area contributed by atoms with Gasteiger partial charge in [-0.05, 0) is 72.8 Å². The molecule has 0 saturated heterocycles. The third-order valence-electron chi connectivity index (χ3n) is 5.20. The molecule has 0 fully saturated rings. The summed E-state index contributed by atoms with van der Waals surface area (Å²) in [6.07, 6.45) is 0. The van der Waals surface area contributed by atoms with E-state index in [1.54, 1.807) is 12.1 Å². The van der Waals surface area contributed by atoms with E-state index in [-0.39, 0.29) is 37.6 Å². The highest BCUT2D eigenvalue weighted by Gasteiger charge is 2.21. The van der Waals surface area contributed by atoms with Crippen molar-refractivity contribution < 1.29 is 30.4 Å². The highest BCUT2D eigenvalue weighted by molar-refractivity contribution is 7.93. The topological polar surface area (TPSA) is 121 Å². The van der Waals surface area contributed by atoms with Gasteiger partial charge in [0.25, 0.3) is 26.0 Å². The van der Waals surface area contributed by atoms with Crippen LogP contribution >= 0.6 is 23.2 Å². The van der Waals surface area contributed by atoms with Crippen molar-refractivity contribution >= 4 is 66.2 Å². The minimum absolute atomic E-state index is 0.0572. The van der Waals surface area contributed by atoms with Crippen molar-refractivity contribution in [2.75, 3.05) is 14.8 Å². The van der Waals surface area contributed by atoms with Crippen LogP contribution in [0.2, 0.25) is 10.0 Å². The highest BCUT2D eigenvalue weighted by atomic mass is 35.5. The summed E-state index contributed by atoms with van der Waals surface area (Å²) in [5.74, 6) is -3.14. The smallest absolute Gasteiger partial charge is 0.263 e. The maximum Gasteiger partial charge on any atom is 0.263 e. The van der Waals surface area contributed by atoms with E-state index >= 15 is 0 Å². The van der Waals surface area contributed by atoms with Gasteiger partial charge in [-0.25, -0.2) is 25.6 Å². The molecule has 0 aliphatic rings. The van der Waals surface area contributed by atoms with Crippen LogP contribution in [-0.4, -0.2) is 22.7 Å². The molecular formula is C25H17Cl2F2N3O5S2. The average molecular weight is 612 g/mol. The fraction of sp³-hybridized carbons (Fsp3) is 0. The Hall–Kier alpha value is -3.71. The Bertz CT molecular complexity index is 1790. The quantitative estimate of drug-likeness (QED) is 0.221. The first-order chi connectivity index (χ1) is 18.4. The fourth-order valence-electron chi connectivity index (χ4n) is 3.28. The molecule has 0 aliphatic heterocycles. The Morgan fingerprint density at radius 3 is 2.00 bits per heavy atom. The van der Waals surface area contributed by atoms with Gasteiger partial charge in [0.05, 0.1) is 20.6 Å². The number of hydrogen-bond acceptors (Lipinski definition) is 5. The lowest BCUT2D eigenvalue weighted by Gasteiger charge is -2.13. The van der Waals surface area contributed by atoms with Crippen molar-refractivity contribution in [3.05, 3.63) is 112 Å². The number of hydrogen-bond donors (Lipinski definition) is 3. The Morgan fingerprint density at radius 1 is 0.667 bits per heavy atom. The summed E-state index contributed by atoms with van der Waals surface area (Å²) in [6.45, 7) is 0. The highest BCUT2D eigenvalue weighted by Crippen LogP contribution is 2.29. The molecule has 0 aliphatic carbocycles. The molecule has 1 amide bonds. The molecule has 14 heteroatoms. The van der Waals surface area contributed by atoms with Gasteiger partial charge in [-0.15, -0.1) is 0 Å². The summed E-state index contributed by atoms with van der Waals surface area (Å²) < 4.78 is 81.8. The zero-order chi connectivity index (χ0) is 28.4. The van der Waals surface area contributed by atoms with Gasteiger partial charge in [0, 0.05) is 16.9 Å².